The third kappa shape index (κ3) is 10.0. The van der Waals surface area contributed by atoms with E-state index in [0.717, 1.165) is 63.5 Å². The molecule has 5 rings (SSSR count). The van der Waals surface area contributed by atoms with Crippen molar-refractivity contribution in [3.63, 3.8) is 0 Å². The maximum absolute atomic E-state index is 12.0. The number of ether oxygens (including phenoxy) is 1. The van der Waals surface area contributed by atoms with Crippen LogP contribution in [0.25, 0.3) is 5.57 Å². The zero-order valence-corrected chi connectivity index (χ0v) is 26.6. The number of amidine groups is 1. The number of rotatable bonds is 14. The first-order chi connectivity index (χ1) is 22.3. The molecule has 46 heavy (non-hydrogen) atoms. The predicted octanol–water partition coefficient (Wildman–Crippen LogP) is 2.41. The smallest absolute Gasteiger partial charge is 0.339 e. The number of cyclic esters (lactones) is 1. The van der Waals surface area contributed by atoms with Crippen molar-refractivity contribution >= 4 is 29.8 Å². The molecule has 1 saturated heterocycles. The number of hydrogen-bond donors (Lipinski definition) is 6. The van der Waals surface area contributed by atoms with E-state index < -0.39 is 5.60 Å². The van der Waals surface area contributed by atoms with Crippen LogP contribution >= 0.6 is 0 Å². The van der Waals surface area contributed by atoms with Gasteiger partial charge < -0.3 is 35.5 Å². The Morgan fingerprint density at radius 1 is 1.15 bits per heavy atom. The van der Waals surface area contributed by atoms with Gasteiger partial charge in [0.05, 0.1) is 17.8 Å². The second kappa shape index (κ2) is 17.3. The first-order valence-corrected chi connectivity index (χ1v) is 15.5. The molecule has 13 heteroatoms. The highest BCUT2D eigenvalue weighted by Crippen LogP contribution is 2.37. The number of aliphatic imine (C=N–C) groups is 1. The van der Waals surface area contributed by atoms with Crippen molar-refractivity contribution in [3.8, 4) is 0 Å². The maximum Gasteiger partial charge on any atom is 0.339 e. The molecular weight excluding hydrogens is 586 g/mol. The fraction of sp³-hybridized carbons (Fsp3) is 0.424. The number of benzene rings is 2. The molecule has 0 radical (unpaired) electrons. The minimum Gasteiger partial charge on any atom is -0.451 e. The zero-order chi connectivity index (χ0) is 32.8. The van der Waals surface area contributed by atoms with Crippen LogP contribution in [-0.2, 0) is 23.2 Å². The molecule has 2 aliphatic heterocycles. The van der Waals surface area contributed by atoms with Crippen molar-refractivity contribution in [2.45, 2.75) is 32.3 Å². The van der Waals surface area contributed by atoms with Gasteiger partial charge in [-0.1, -0.05) is 30.3 Å². The normalized spacial score (nSPS) is 15.7. The average Bonchev–Trinajstić information content (AvgIpc) is 3.62. The number of nitrogens with one attached hydrogen (secondary N) is 5. The van der Waals surface area contributed by atoms with E-state index >= 15 is 0 Å². The van der Waals surface area contributed by atoms with Gasteiger partial charge >= 0.3 is 5.97 Å². The molecule has 1 aromatic heterocycles. The first kappa shape index (κ1) is 34.4. The van der Waals surface area contributed by atoms with Crippen molar-refractivity contribution in [1.29, 1.82) is 5.41 Å². The Hall–Kier alpha value is -4.43. The minimum atomic E-state index is -0.661. The summed E-state index contributed by atoms with van der Waals surface area (Å²) in [5, 5.41) is 38.0. The van der Waals surface area contributed by atoms with Gasteiger partial charge in [-0.05, 0) is 50.7 Å². The lowest BCUT2D eigenvalue weighted by Gasteiger charge is -2.27. The quantitative estimate of drug-likeness (QED) is 0.0507. The molecule has 0 spiro atoms. The third-order valence-electron chi connectivity index (χ3n) is 7.56. The van der Waals surface area contributed by atoms with Crippen LogP contribution in [0.2, 0.25) is 0 Å². The Labute approximate surface area is 270 Å². The van der Waals surface area contributed by atoms with Gasteiger partial charge in [0.2, 0.25) is 5.89 Å². The van der Waals surface area contributed by atoms with E-state index in [4.69, 9.17) is 19.7 Å². The van der Waals surface area contributed by atoms with Crippen molar-refractivity contribution in [1.82, 2.24) is 31.0 Å². The molecule has 0 atom stereocenters. The first-order valence-electron chi connectivity index (χ1n) is 15.5. The number of anilines is 1. The number of nitrogens with zero attached hydrogens (tertiary/aromatic N) is 4. The zero-order valence-electron chi connectivity index (χ0n) is 26.6. The molecule has 0 saturated carbocycles. The highest BCUT2D eigenvalue weighted by Gasteiger charge is 2.37. The van der Waals surface area contributed by atoms with Crippen LogP contribution in [0.15, 0.2) is 64.1 Å². The third-order valence-corrected chi connectivity index (χ3v) is 7.56. The molecule has 3 heterocycles. The van der Waals surface area contributed by atoms with Gasteiger partial charge in [0.1, 0.15) is 5.60 Å². The summed E-state index contributed by atoms with van der Waals surface area (Å²) in [6.45, 7) is 14.7. The van der Waals surface area contributed by atoms with Crippen molar-refractivity contribution < 1.29 is 19.1 Å². The molecule has 0 bridgehead atoms. The van der Waals surface area contributed by atoms with Crippen LogP contribution in [-0.4, -0.2) is 97.8 Å². The molecule has 13 nitrogen and oxygen atoms in total. The summed E-state index contributed by atoms with van der Waals surface area (Å²) in [5.74, 6) is 0.308. The Morgan fingerprint density at radius 3 is 2.67 bits per heavy atom. The minimum absolute atomic E-state index is 0.0770. The predicted molar refractivity (Wildman–Crippen MR) is 179 cm³/mol. The van der Waals surface area contributed by atoms with E-state index in [1.54, 1.807) is 12.3 Å². The topological polar surface area (TPSA) is 173 Å². The second-order valence-corrected chi connectivity index (χ2v) is 11.3. The summed E-state index contributed by atoms with van der Waals surface area (Å²) in [7, 11) is 0. The molecule has 246 valence electrons. The van der Waals surface area contributed by atoms with Gasteiger partial charge in [0.25, 0.3) is 5.89 Å². The van der Waals surface area contributed by atoms with Crippen LogP contribution in [0.3, 0.4) is 0 Å². The largest absolute Gasteiger partial charge is 0.451 e. The summed E-state index contributed by atoms with van der Waals surface area (Å²) in [6, 6.07) is 15.4. The fourth-order valence-corrected chi connectivity index (χ4v) is 5.02. The number of hydrogen-bond acceptors (Lipinski definition) is 12. The number of fused-ring (bicyclic) bond motifs is 1. The number of carbonyl (C=O) groups excluding carboxylic acids is 1. The Bertz CT molecular complexity index is 1470. The fourth-order valence-electron chi connectivity index (χ4n) is 5.02. The SMILES string of the molecule is C=NC(=N)/C(=C\NCNc1ccc2c(c1)C(C)(C)OC2=O)c1nnc(CCNCCN2CCNCC2)o1.OCCc1ccccc1. The van der Waals surface area contributed by atoms with Crippen LogP contribution in [0, 0.1) is 5.41 Å². The summed E-state index contributed by atoms with van der Waals surface area (Å²) in [6.07, 6.45) is 2.95. The van der Waals surface area contributed by atoms with Crippen LogP contribution in [0.4, 0.5) is 5.69 Å². The van der Waals surface area contributed by atoms with Gasteiger partial charge in [-0.15, -0.1) is 10.2 Å². The van der Waals surface area contributed by atoms with Gasteiger partial charge in [-0.25, -0.2) is 9.79 Å². The second-order valence-electron chi connectivity index (χ2n) is 11.3. The van der Waals surface area contributed by atoms with Crippen molar-refractivity contribution in [2.75, 3.05) is 64.4 Å². The summed E-state index contributed by atoms with van der Waals surface area (Å²) < 4.78 is 11.2. The molecule has 2 aliphatic rings. The molecule has 0 amide bonds. The van der Waals surface area contributed by atoms with E-state index in [0.29, 0.717) is 30.1 Å². The van der Waals surface area contributed by atoms with Gasteiger partial charge in [-0.3, -0.25) is 10.3 Å². The molecular formula is C33H45N9O4. The van der Waals surface area contributed by atoms with Crippen molar-refractivity contribution in [2.24, 2.45) is 4.99 Å². The van der Waals surface area contributed by atoms with Crippen molar-refractivity contribution in [3.05, 3.63) is 83.2 Å². The van der Waals surface area contributed by atoms with Crippen LogP contribution < -0.4 is 21.3 Å². The van der Waals surface area contributed by atoms with Gasteiger partial charge in [-0.2, -0.15) is 0 Å². The average molecular weight is 632 g/mol. The summed E-state index contributed by atoms with van der Waals surface area (Å²) in [5.41, 5.74) is 3.13. The highest BCUT2D eigenvalue weighted by molar-refractivity contribution is 6.21. The molecule has 2 aromatic carbocycles. The standard InChI is InChI=1S/C25H35N9O3.C8H10O/c1-25(2)20-14-17(4-5-18(20)24(35)37-25)31-16-30-15-19(22(26)27-3)23-33-32-21(36-23)6-7-28-8-11-34-12-9-29-10-13-34;9-7-6-8-4-2-1-3-5-8/h4-5,14-15,26,28-31H,3,6-13,16H2,1-2H3;1-5,9H,6-7H2/b19-15+,26-22?;. The van der Waals surface area contributed by atoms with E-state index in [9.17, 15) is 4.79 Å². The number of aliphatic hydroxyl groups is 1. The Morgan fingerprint density at radius 2 is 1.93 bits per heavy atom. The number of piperazine rings is 1. The lowest BCUT2D eigenvalue weighted by molar-refractivity contribution is 0.00954. The van der Waals surface area contributed by atoms with E-state index in [-0.39, 0.29) is 24.3 Å². The van der Waals surface area contributed by atoms with Gasteiger partial charge in [0.15, 0.2) is 5.84 Å². The van der Waals surface area contributed by atoms with E-state index in [1.807, 2.05) is 56.3 Å². The monoisotopic (exact) mass is 631 g/mol. The summed E-state index contributed by atoms with van der Waals surface area (Å²) >= 11 is 0. The van der Waals surface area contributed by atoms with Gasteiger partial charge in [0, 0.05) is 76.3 Å². The number of aliphatic hydroxyl groups excluding tert-OH is 1. The van der Waals surface area contributed by atoms with E-state index in [2.05, 4.69) is 48.1 Å². The Balaban J connectivity index is 0.000000459. The van der Waals surface area contributed by atoms with Crippen LogP contribution in [0.1, 0.15) is 47.1 Å². The summed E-state index contributed by atoms with van der Waals surface area (Å²) in [4.78, 5) is 18.1. The Kier molecular flexibility index (Phi) is 13.0. The molecule has 0 aliphatic carbocycles. The molecule has 0 unspecified atom stereocenters. The maximum atomic E-state index is 12.0. The lowest BCUT2D eigenvalue weighted by Crippen LogP contribution is -2.45. The molecule has 3 aromatic rings. The van der Waals surface area contributed by atoms with Crippen LogP contribution in [0.5, 0.6) is 0 Å². The number of carbonyl (C=O) groups is 1. The molecule has 1 fully saturated rings. The number of aromatic nitrogens is 2. The lowest BCUT2D eigenvalue weighted by atomic mass is 9.95. The number of esters is 1. The highest BCUT2D eigenvalue weighted by atomic mass is 16.6. The molecule has 6 N–H and O–H groups in total. The van der Waals surface area contributed by atoms with E-state index in [1.165, 1.54) is 5.56 Å².